The molecule has 2 amide bonds. The first-order valence-electron chi connectivity index (χ1n) is 19.5. The van der Waals surface area contributed by atoms with Crippen molar-refractivity contribution >= 4 is 23.7 Å². The minimum atomic E-state index is -0.938. The van der Waals surface area contributed by atoms with Crippen molar-refractivity contribution in [3.8, 4) is 0 Å². The lowest BCUT2D eigenvalue weighted by Crippen LogP contribution is -2.49. The summed E-state index contributed by atoms with van der Waals surface area (Å²) in [4.78, 5) is 45.7. The van der Waals surface area contributed by atoms with Gasteiger partial charge >= 0.3 is 5.97 Å². The Balaban J connectivity index is 5.05. The number of rotatable bonds is 33. The van der Waals surface area contributed by atoms with Gasteiger partial charge in [0, 0.05) is 19.4 Å². The van der Waals surface area contributed by atoms with E-state index in [2.05, 4.69) is 18.8 Å². The van der Waals surface area contributed by atoms with Gasteiger partial charge in [0.1, 0.15) is 6.04 Å². The summed E-state index contributed by atoms with van der Waals surface area (Å²) in [6, 6.07) is -0.938. The van der Waals surface area contributed by atoms with Crippen molar-refractivity contribution in [1.82, 2.24) is 4.90 Å². The number of aliphatic imine (C=N–C) groups is 1. The number of hydrogen-bond acceptors (Lipinski definition) is 5. The number of guanidine groups is 1. The second-order valence-corrected chi connectivity index (χ2v) is 13.2. The van der Waals surface area contributed by atoms with E-state index in [1.54, 1.807) is 0 Å². The Morgan fingerprint density at radius 1 is 0.543 bits per heavy atom. The van der Waals surface area contributed by atoms with E-state index < -0.39 is 12.0 Å². The maximum absolute atomic E-state index is 13.6. The van der Waals surface area contributed by atoms with Gasteiger partial charge in [0.2, 0.25) is 11.8 Å². The highest BCUT2D eigenvalue weighted by Gasteiger charge is 2.34. The number of ether oxygens (including phenoxy) is 1. The molecule has 46 heavy (non-hydrogen) atoms. The van der Waals surface area contributed by atoms with Crippen LogP contribution < -0.4 is 11.5 Å². The molecule has 0 aromatic heterocycles. The van der Waals surface area contributed by atoms with Gasteiger partial charge in [-0.2, -0.15) is 0 Å². The summed E-state index contributed by atoms with van der Waals surface area (Å²) in [5.74, 6) is -1.04. The van der Waals surface area contributed by atoms with Crippen LogP contribution in [0.25, 0.3) is 0 Å². The number of hydrogen-bond donors (Lipinski definition) is 2. The normalized spacial score (nSPS) is 11.7. The average molecular weight is 651 g/mol. The van der Waals surface area contributed by atoms with Crippen molar-refractivity contribution in [2.45, 2.75) is 207 Å². The van der Waals surface area contributed by atoms with E-state index >= 15 is 0 Å². The molecular weight excluding hydrogens is 576 g/mol. The lowest BCUT2D eigenvalue weighted by atomic mass is 10.0. The molecule has 1 atom stereocenters. The third-order valence-corrected chi connectivity index (χ3v) is 8.78. The fourth-order valence-corrected chi connectivity index (χ4v) is 5.87. The largest absolute Gasteiger partial charge is 0.464 e. The molecule has 0 radical (unpaired) electrons. The van der Waals surface area contributed by atoms with Gasteiger partial charge in [0.15, 0.2) is 5.96 Å². The molecule has 0 bridgehead atoms. The molecule has 0 unspecified atom stereocenters. The molecule has 8 heteroatoms. The Morgan fingerprint density at radius 3 is 1.28 bits per heavy atom. The predicted octanol–water partition coefficient (Wildman–Crippen LogP) is 9.51. The van der Waals surface area contributed by atoms with Gasteiger partial charge in [0.25, 0.3) is 0 Å². The van der Waals surface area contributed by atoms with Crippen LogP contribution in [-0.2, 0) is 19.1 Å². The van der Waals surface area contributed by atoms with Gasteiger partial charge in [0.05, 0.1) is 6.61 Å². The van der Waals surface area contributed by atoms with E-state index in [1.807, 2.05) is 6.92 Å². The summed E-state index contributed by atoms with van der Waals surface area (Å²) >= 11 is 0. The molecule has 8 nitrogen and oxygen atoms in total. The third kappa shape index (κ3) is 26.0. The van der Waals surface area contributed by atoms with E-state index in [1.165, 1.54) is 108 Å². The smallest absolute Gasteiger partial charge is 0.329 e. The third-order valence-electron chi connectivity index (χ3n) is 8.78. The van der Waals surface area contributed by atoms with E-state index in [9.17, 15) is 14.4 Å². The second kappa shape index (κ2) is 32.8. The zero-order chi connectivity index (χ0) is 34.1. The van der Waals surface area contributed by atoms with Crippen molar-refractivity contribution in [1.29, 1.82) is 0 Å². The molecule has 0 aliphatic rings. The Morgan fingerprint density at radius 2 is 0.913 bits per heavy atom. The van der Waals surface area contributed by atoms with Crippen LogP contribution in [0.5, 0.6) is 0 Å². The molecule has 0 rings (SSSR count). The van der Waals surface area contributed by atoms with Crippen molar-refractivity contribution < 1.29 is 19.1 Å². The first-order valence-corrected chi connectivity index (χ1v) is 19.5. The number of carbonyl (C=O) groups is 3. The van der Waals surface area contributed by atoms with Gasteiger partial charge in [-0.15, -0.1) is 0 Å². The molecule has 0 fully saturated rings. The summed E-state index contributed by atoms with van der Waals surface area (Å²) < 4.78 is 5.56. The Labute approximate surface area is 283 Å². The minimum absolute atomic E-state index is 0.0148. The van der Waals surface area contributed by atoms with Gasteiger partial charge in [-0.05, 0) is 32.1 Å². The molecular formula is C38H74N4O4. The van der Waals surface area contributed by atoms with Crippen molar-refractivity contribution in [2.75, 3.05) is 13.2 Å². The number of nitrogens with zero attached hydrogens (tertiary/aromatic N) is 2. The fourth-order valence-electron chi connectivity index (χ4n) is 5.87. The van der Waals surface area contributed by atoms with E-state index in [4.69, 9.17) is 16.2 Å². The first kappa shape index (κ1) is 43.9. The number of esters is 1. The summed E-state index contributed by atoms with van der Waals surface area (Å²) in [5.41, 5.74) is 11.0. The van der Waals surface area contributed by atoms with Crippen LogP contribution in [0, 0.1) is 0 Å². The predicted molar refractivity (Wildman–Crippen MR) is 194 cm³/mol. The van der Waals surface area contributed by atoms with Crippen LogP contribution in [0.4, 0.5) is 0 Å². The highest BCUT2D eigenvalue weighted by atomic mass is 16.5. The Bertz CT molecular complexity index is 732. The van der Waals surface area contributed by atoms with E-state index in [0.717, 1.165) is 51.4 Å². The number of unbranched alkanes of at least 4 members (excludes halogenated alkanes) is 21. The number of nitrogens with two attached hydrogens (primary N) is 2. The van der Waals surface area contributed by atoms with Gasteiger partial charge in [-0.3, -0.25) is 19.5 Å². The van der Waals surface area contributed by atoms with Crippen LogP contribution in [-0.4, -0.2) is 47.8 Å². The molecule has 0 spiro atoms. The maximum Gasteiger partial charge on any atom is 0.329 e. The zero-order valence-electron chi connectivity index (χ0n) is 30.5. The van der Waals surface area contributed by atoms with Crippen molar-refractivity contribution in [3.05, 3.63) is 0 Å². The summed E-state index contributed by atoms with van der Waals surface area (Å²) in [6.45, 7) is 7.13. The fraction of sp³-hybridized carbons (Fsp3) is 0.895. The lowest BCUT2D eigenvalue weighted by Gasteiger charge is -2.29. The molecule has 0 aromatic rings. The molecule has 0 saturated carbocycles. The average Bonchev–Trinajstić information content (AvgIpc) is 3.03. The summed E-state index contributed by atoms with van der Waals surface area (Å²) in [5, 5.41) is 0. The van der Waals surface area contributed by atoms with Crippen LogP contribution in [0.3, 0.4) is 0 Å². The van der Waals surface area contributed by atoms with Crippen LogP contribution in [0.15, 0.2) is 4.99 Å². The van der Waals surface area contributed by atoms with Gasteiger partial charge < -0.3 is 16.2 Å². The van der Waals surface area contributed by atoms with Gasteiger partial charge in [-0.25, -0.2) is 4.79 Å². The van der Waals surface area contributed by atoms with Gasteiger partial charge in [-0.1, -0.05) is 156 Å². The first-order chi connectivity index (χ1) is 22.4. The van der Waals surface area contributed by atoms with Crippen molar-refractivity contribution in [2.24, 2.45) is 16.5 Å². The molecule has 0 heterocycles. The number of amides is 2. The molecule has 0 aromatic carbocycles. The topological polar surface area (TPSA) is 128 Å². The zero-order valence-corrected chi connectivity index (χ0v) is 30.5. The van der Waals surface area contributed by atoms with Crippen molar-refractivity contribution in [3.63, 3.8) is 0 Å². The Hall–Kier alpha value is -2.12. The lowest BCUT2D eigenvalue weighted by molar-refractivity contribution is -0.162. The van der Waals surface area contributed by atoms with E-state index in [0.29, 0.717) is 13.0 Å². The highest BCUT2D eigenvalue weighted by molar-refractivity contribution is 5.99. The molecule has 270 valence electrons. The SMILES string of the molecule is CCCCCCCCCCCCCC(=O)N(C(=O)CCCCCCCCCCCCC)[C@@H](CCCN=C(N)N)C(=O)OCCCC. The standard InChI is InChI=1S/C38H74N4O4/c1-4-7-10-12-14-16-18-20-22-24-26-30-35(43)42(34(29-28-32-41-38(39)40)37(45)46-33-9-6-3)36(44)31-27-25-23-21-19-17-15-13-11-8-5-2/h34H,4-33H2,1-3H3,(H4,39,40,41)/t34-/m0/s1. The van der Waals surface area contributed by atoms with Crippen LogP contribution in [0.2, 0.25) is 0 Å². The molecule has 0 aliphatic carbocycles. The molecule has 0 saturated heterocycles. The van der Waals surface area contributed by atoms with Crippen LogP contribution in [0.1, 0.15) is 201 Å². The monoisotopic (exact) mass is 651 g/mol. The van der Waals surface area contributed by atoms with E-state index in [-0.39, 0.29) is 43.6 Å². The summed E-state index contributed by atoms with van der Waals surface area (Å²) in [6.07, 6.45) is 29.1. The molecule has 4 N–H and O–H groups in total. The highest BCUT2D eigenvalue weighted by Crippen LogP contribution is 2.19. The quantitative estimate of drug-likeness (QED) is 0.0315. The summed E-state index contributed by atoms with van der Waals surface area (Å²) in [7, 11) is 0. The second-order valence-electron chi connectivity index (χ2n) is 13.2. The minimum Gasteiger partial charge on any atom is -0.464 e. The Kier molecular flexibility index (Phi) is 31.3. The van der Waals surface area contributed by atoms with Crippen LogP contribution >= 0.6 is 0 Å². The molecule has 0 aliphatic heterocycles. The maximum atomic E-state index is 13.6. The number of carbonyl (C=O) groups excluding carboxylic acids is 3. The number of imide groups is 1.